The molecule has 2 rings (SSSR count). The van der Waals surface area contributed by atoms with Gasteiger partial charge in [0, 0.05) is 12.2 Å². The summed E-state index contributed by atoms with van der Waals surface area (Å²) in [6.07, 6.45) is 0. The van der Waals surface area contributed by atoms with Gasteiger partial charge in [0.25, 0.3) is 0 Å². The molecule has 23 heavy (non-hydrogen) atoms. The molecule has 2 aromatic carbocycles. The maximum Gasteiger partial charge on any atom is 0.189 e. The molecule has 0 aliphatic carbocycles. The second-order valence-electron chi connectivity index (χ2n) is 4.88. The molecule has 0 atom stereocenters. The molecule has 7 heteroatoms. The monoisotopic (exact) mass is 348 g/mol. The van der Waals surface area contributed by atoms with E-state index >= 15 is 0 Å². The molecule has 0 heterocycles. The summed E-state index contributed by atoms with van der Waals surface area (Å²) in [5, 5.41) is 6.82. The predicted molar refractivity (Wildman–Crippen MR) is 99.5 cm³/mol. The number of nitrogens with one attached hydrogen (secondary N) is 4. The minimum atomic E-state index is -0.261. The highest BCUT2D eigenvalue weighted by molar-refractivity contribution is 7.80. The zero-order valence-corrected chi connectivity index (χ0v) is 14.2. The van der Waals surface area contributed by atoms with Gasteiger partial charge in [-0.3, -0.25) is 10.9 Å². The summed E-state index contributed by atoms with van der Waals surface area (Å²) in [5.74, 6) is -0.261. The summed E-state index contributed by atoms with van der Waals surface area (Å²) in [6.45, 7) is 2.51. The van der Waals surface area contributed by atoms with Crippen molar-refractivity contribution in [2.45, 2.75) is 13.5 Å². The van der Waals surface area contributed by atoms with Crippen LogP contribution in [0.4, 0.5) is 10.1 Å². The third-order valence-electron chi connectivity index (χ3n) is 2.97. The summed E-state index contributed by atoms with van der Waals surface area (Å²) in [6, 6.07) is 14.1. The molecule has 0 bridgehead atoms. The van der Waals surface area contributed by atoms with Crippen LogP contribution in [0.25, 0.3) is 0 Å². The van der Waals surface area contributed by atoms with Crippen LogP contribution in [0.2, 0.25) is 0 Å². The summed E-state index contributed by atoms with van der Waals surface area (Å²) in [5.41, 5.74) is 8.58. The first-order chi connectivity index (χ1) is 11.0. The summed E-state index contributed by atoms with van der Waals surface area (Å²) < 4.78 is 12.8. The van der Waals surface area contributed by atoms with E-state index in [1.165, 1.54) is 17.7 Å². The molecule has 2 aromatic rings. The second kappa shape index (κ2) is 8.40. The van der Waals surface area contributed by atoms with Gasteiger partial charge in [-0.15, -0.1) is 0 Å². The lowest BCUT2D eigenvalue weighted by molar-refractivity contribution is 0.626. The molecule has 0 aromatic heterocycles. The maximum atomic E-state index is 12.8. The Morgan fingerprint density at radius 3 is 2.17 bits per heavy atom. The second-order valence-corrected chi connectivity index (χ2v) is 5.70. The first-order valence-corrected chi connectivity index (χ1v) is 7.76. The number of anilines is 1. The Morgan fingerprint density at radius 2 is 1.52 bits per heavy atom. The van der Waals surface area contributed by atoms with Crippen molar-refractivity contribution < 1.29 is 4.39 Å². The van der Waals surface area contributed by atoms with Crippen molar-refractivity contribution in [1.29, 1.82) is 0 Å². The van der Waals surface area contributed by atoms with E-state index in [0.717, 1.165) is 11.3 Å². The van der Waals surface area contributed by atoms with E-state index in [1.54, 1.807) is 12.1 Å². The SMILES string of the molecule is Cc1ccc(NC(=S)NNC(=S)NCc2ccc(F)cc2)cc1. The molecule has 0 unspecified atom stereocenters. The van der Waals surface area contributed by atoms with Crippen LogP contribution in [0.5, 0.6) is 0 Å². The van der Waals surface area contributed by atoms with Crippen molar-refractivity contribution in [2.24, 2.45) is 0 Å². The van der Waals surface area contributed by atoms with Crippen molar-refractivity contribution in [3.8, 4) is 0 Å². The maximum absolute atomic E-state index is 12.8. The number of hydrogen-bond acceptors (Lipinski definition) is 2. The highest BCUT2D eigenvalue weighted by Gasteiger charge is 2.00. The molecule has 0 radical (unpaired) electrons. The predicted octanol–water partition coefficient (Wildman–Crippen LogP) is 3.00. The molecule has 120 valence electrons. The summed E-state index contributed by atoms with van der Waals surface area (Å²) in [4.78, 5) is 0. The normalized spacial score (nSPS) is 9.83. The van der Waals surface area contributed by atoms with Crippen molar-refractivity contribution in [1.82, 2.24) is 16.2 Å². The van der Waals surface area contributed by atoms with E-state index in [1.807, 2.05) is 31.2 Å². The lowest BCUT2D eigenvalue weighted by Crippen LogP contribution is -2.47. The van der Waals surface area contributed by atoms with Gasteiger partial charge in [-0.1, -0.05) is 29.8 Å². The van der Waals surface area contributed by atoms with Crippen LogP contribution < -0.4 is 21.5 Å². The molecule has 0 fully saturated rings. The number of benzene rings is 2. The van der Waals surface area contributed by atoms with Crippen LogP contribution in [0.3, 0.4) is 0 Å². The topological polar surface area (TPSA) is 48.1 Å². The lowest BCUT2D eigenvalue weighted by atomic mass is 10.2. The fourth-order valence-electron chi connectivity index (χ4n) is 1.74. The Bertz CT molecular complexity index is 671. The average Bonchev–Trinajstić information content (AvgIpc) is 2.54. The molecule has 0 aliphatic heterocycles. The lowest BCUT2D eigenvalue weighted by Gasteiger charge is -2.14. The average molecular weight is 348 g/mol. The first kappa shape index (κ1) is 17.1. The molecule has 0 saturated heterocycles. The van der Waals surface area contributed by atoms with Crippen LogP contribution in [0.1, 0.15) is 11.1 Å². The first-order valence-electron chi connectivity index (χ1n) is 6.95. The minimum absolute atomic E-state index is 0.261. The van der Waals surface area contributed by atoms with Crippen molar-refractivity contribution in [2.75, 3.05) is 5.32 Å². The molecule has 0 aliphatic rings. The van der Waals surface area contributed by atoms with E-state index in [4.69, 9.17) is 24.4 Å². The Balaban J connectivity index is 1.70. The largest absolute Gasteiger partial charge is 0.357 e. The van der Waals surface area contributed by atoms with Crippen LogP contribution in [-0.4, -0.2) is 10.2 Å². The van der Waals surface area contributed by atoms with Gasteiger partial charge in [0.15, 0.2) is 10.2 Å². The number of hydrogen-bond donors (Lipinski definition) is 4. The van der Waals surface area contributed by atoms with Crippen LogP contribution in [-0.2, 0) is 6.54 Å². The van der Waals surface area contributed by atoms with Crippen LogP contribution in [0.15, 0.2) is 48.5 Å². The van der Waals surface area contributed by atoms with Gasteiger partial charge < -0.3 is 10.6 Å². The van der Waals surface area contributed by atoms with Crippen LogP contribution in [0, 0.1) is 12.7 Å². The van der Waals surface area contributed by atoms with Gasteiger partial charge in [0.1, 0.15) is 5.82 Å². The quantitative estimate of drug-likeness (QED) is 0.505. The molecule has 4 nitrogen and oxygen atoms in total. The van der Waals surface area contributed by atoms with Crippen molar-refractivity contribution >= 4 is 40.3 Å². The number of thiocarbonyl (C=S) groups is 2. The number of rotatable bonds is 3. The number of aryl methyl sites for hydroxylation is 1. The molecule has 0 amide bonds. The van der Waals surface area contributed by atoms with E-state index in [9.17, 15) is 4.39 Å². The highest BCUT2D eigenvalue weighted by atomic mass is 32.1. The van der Waals surface area contributed by atoms with E-state index < -0.39 is 0 Å². The van der Waals surface area contributed by atoms with Crippen LogP contribution >= 0.6 is 24.4 Å². The van der Waals surface area contributed by atoms with Crippen molar-refractivity contribution in [3.63, 3.8) is 0 Å². The molecule has 4 N–H and O–H groups in total. The Hall–Kier alpha value is -2.25. The standard InChI is InChI=1S/C16H17FN4S2/c1-11-2-8-14(9-3-11)19-16(23)21-20-15(22)18-10-12-4-6-13(17)7-5-12/h2-9H,10H2,1H3,(H2,18,20,22)(H2,19,21,23). The molecular formula is C16H17FN4S2. The van der Waals surface area contributed by atoms with Gasteiger partial charge in [0.05, 0.1) is 0 Å². The Labute approximate surface area is 145 Å². The Morgan fingerprint density at radius 1 is 0.913 bits per heavy atom. The van der Waals surface area contributed by atoms with Gasteiger partial charge in [-0.25, -0.2) is 4.39 Å². The smallest absolute Gasteiger partial charge is 0.189 e. The van der Waals surface area contributed by atoms with Crippen molar-refractivity contribution in [3.05, 3.63) is 65.5 Å². The molecular weight excluding hydrogens is 331 g/mol. The Kier molecular flexibility index (Phi) is 6.25. The minimum Gasteiger partial charge on any atom is -0.357 e. The number of hydrazine groups is 1. The third kappa shape index (κ3) is 6.17. The summed E-state index contributed by atoms with van der Waals surface area (Å²) in [7, 11) is 0. The summed E-state index contributed by atoms with van der Waals surface area (Å²) >= 11 is 10.3. The molecule has 0 spiro atoms. The molecule has 0 saturated carbocycles. The van der Waals surface area contributed by atoms with E-state index in [0.29, 0.717) is 16.8 Å². The van der Waals surface area contributed by atoms with Gasteiger partial charge >= 0.3 is 0 Å². The number of halogens is 1. The fraction of sp³-hybridized carbons (Fsp3) is 0.125. The highest BCUT2D eigenvalue weighted by Crippen LogP contribution is 2.07. The zero-order valence-electron chi connectivity index (χ0n) is 12.5. The van der Waals surface area contributed by atoms with E-state index in [-0.39, 0.29) is 5.82 Å². The third-order valence-corrected chi connectivity index (χ3v) is 3.42. The zero-order chi connectivity index (χ0) is 16.7. The fourth-order valence-corrected chi connectivity index (χ4v) is 2.03. The van der Waals surface area contributed by atoms with Gasteiger partial charge in [-0.2, -0.15) is 0 Å². The van der Waals surface area contributed by atoms with Gasteiger partial charge in [-0.05, 0) is 61.2 Å². The van der Waals surface area contributed by atoms with Gasteiger partial charge in [0.2, 0.25) is 0 Å². The van der Waals surface area contributed by atoms with E-state index in [2.05, 4.69) is 21.5 Å².